The van der Waals surface area contributed by atoms with Gasteiger partial charge in [0, 0.05) is 22.7 Å². The Morgan fingerprint density at radius 3 is 2.55 bits per heavy atom. The van der Waals surface area contributed by atoms with E-state index in [4.69, 9.17) is 27.9 Å². The fourth-order valence-electron chi connectivity index (χ4n) is 3.05. The van der Waals surface area contributed by atoms with Gasteiger partial charge in [-0.1, -0.05) is 41.4 Å². The van der Waals surface area contributed by atoms with Gasteiger partial charge >= 0.3 is 0 Å². The van der Waals surface area contributed by atoms with Crippen LogP contribution >= 0.6 is 23.2 Å². The molecule has 3 aromatic carbocycles. The van der Waals surface area contributed by atoms with Crippen molar-refractivity contribution in [1.29, 1.82) is 0 Å². The van der Waals surface area contributed by atoms with E-state index < -0.39 is 0 Å². The van der Waals surface area contributed by atoms with Crippen LogP contribution in [0, 0.1) is 6.92 Å². The number of rotatable bonds is 6. The van der Waals surface area contributed by atoms with Gasteiger partial charge in [-0.3, -0.25) is 9.59 Å². The third-order valence-electron chi connectivity index (χ3n) is 4.60. The van der Waals surface area contributed by atoms with Crippen LogP contribution in [0.2, 0.25) is 10.0 Å². The summed E-state index contributed by atoms with van der Waals surface area (Å²) in [6, 6.07) is 16.0. The topological polar surface area (TPSA) is 55.4 Å². The van der Waals surface area contributed by atoms with Crippen LogP contribution in [0.1, 0.15) is 31.8 Å². The van der Waals surface area contributed by atoms with Gasteiger partial charge in [0.1, 0.15) is 12.0 Å². The summed E-state index contributed by atoms with van der Waals surface area (Å²) >= 11 is 12.0. The van der Waals surface area contributed by atoms with Gasteiger partial charge in [0.2, 0.25) is 0 Å². The lowest BCUT2D eigenvalue weighted by Crippen LogP contribution is -2.23. The molecule has 0 saturated carbocycles. The van der Waals surface area contributed by atoms with Gasteiger partial charge in [-0.05, 0) is 60.0 Å². The molecule has 0 spiro atoms. The molecule has 0 radical (unpaired) electrons. The van der Waals surface area contributed by atoms with Crippen LogP contribution in [0.4, 0.5) is 0 Å². The Morgan fingerprint density at radius 2 is 1.86 bits per heavy atom. The van der Waals surface area contributed by atoms with Crippen molar-refractivity contribution in [3.8, 4) is 16.9 Å². The maximum Gasteiger partial charge on any atom is 0.253 e. The average molecular weight is 428 g/mol. The summed E-state index contributed by atoms with van der Waals surface area (Å²) in [4.78, 5) is 23.7. The zero-order valence-electron chi connectivity index (χ0n) is 16.0. The van der Waals surface area contributed by atoms with Crippen molar-refractivity contribution in [2.45, 2.75) is 13.5 Å². The van der Waals surface area contributed by atoms with Gasteiger partial charge < -0.3 is 10.1 Å². The highest BCUT2D eigenvalue weighted by Gasteiger charge is 2.13. The number of carbonyl (C=O) groups is 2. The first-order chi connectivity index (χ1) is 13.9. The maximum atomic E-state index is 12.5. The highest BCUT2D eigenvalue weighted by molar-refractivity contribution is 6.36. The fourth-order valence-corrected chi connectivity index (χ4v) is 3.55. The Balaban J connectivity index is 1.88. The van der Waals surface area contributed by atoms with Crippen LogP contribution in [0.3, 0.4) is 0 Å². The van der Waals surface area contributed by atoms with E-state index in [0.29, 0.717) is 21.9 Å². The molecule has 0 fully saturated rings. The number of ether oxygens (including phenoxy) is 1. The van der Waals surface area contributed by atoms with E-state index in [-0.39, 0.29) is 17.5 Å². The Morgan fingerprint density at radius 1 is 1.07 bits per heavy atom. The molecule has 0 bridgehead atoms. The zero-order chi connectivity index (χ0) is 21.0. The number of hydrogen-bond acceptors (Lipinski definition) is 3. The van der Waals surface area contributed by atoms with E-state index in [1.165, 1.54) is 6.07 Å². The first kappa shape index (κ1) is 20.9. The van der Waals surface area contributed by atoms with Crippen LogP contribution in [0.25, 0.3) is 11.1 Å². The van der Waals surface area contributed by atoms with Crippen LogP contribution < -0.4 is 10.1 Å². The predicted molar refractivity (Wildman–Crippen MR) is 116 cm³/mol. The van der Waals surface area contributed by atoms with Crippen molar-refractivity contribution < 1.29 is 14.3 Å². The number of halogens is 2. The number of methoxy groups -OCH3 is 1. The van der Waals surface area contributed by atoms with E-state index in [1.54, 1.807) is 25.3 Å². The molecule has 148 valence electrons. The van der Waals surface area contributed by atoms with Crippen molar-refractivity contribution >= 4 is 35.4 Å². The van der Waals surface area contributed by atoms with Gasteiger partial charge in [-0.25, -0.2) is 0 Å². The number of aldehydes is 1. The molecule has 0 unspecified atom stereocenters. The lowest BCUT2D eigenvalue weighted by Gasteiger charge is -2.14. The first-order valence-electron chi connectivity index (χ1n) is 8.89. The molecule has 4 nitrogen and oxygen atoms in total. The van der Waals surface area contributed by atoms with Crippen LogP contribution in [-0.2, 0) is 6.54 Å². The fraction of sp³-hybridized carbons (Fsp3) is 0.130. The largest absolute Gasteiger partial charge is 0.496 e. The normalized spacial score (nSPS) is 10.5. The number of carbonyl (C=O) groups excluding carboxylic acids is 2. The van der Waals surface area contributed by atoms with E-state index in [1.807, 2.05) is 37.3 Å². The lowest BCUT2D eigenvalue weighted by molar-refractivity contribution is 0.0950. The molecule has 29 heavy (non-hydrogen) atoms. The first-order valence-corrected chi connectivity index (χ1v) is 9.65. The molecule has 1 amide bonds. The molecule has 0 aromatic heterocycles. The third-order valence-corrected chi connectivity index (χ3v) is 5.15. The molecule has 0 saturated heterocycles. The monoisotopic (exact) mass is 427 g/mol. The molecular formula is C23H19Cl2NO3. The minimum Gasteiger partial charge on any atom is -0.496 e. The molecule has 0 heterocycles. The van der Waals surface area contributed by atoms with E-state index in [2.05, 4.69) is 5.32 Å². The number of nitrogens with one attached hydrogen (secondary N) is 1. The van der Waals surface area contributed by atoms with E-state index >= 15 is 0 Å². The number of aryl methyl sites for hydroxylation is 1. The molecule has 1 N–H and O–H groups in total. The second-order valence-electron chi connectivity index (χ2n) is 6.53. The second kappa shape index (κ2) is 9.12. The third kappa shape index (κ3) is 4.78. The molecule has 0 aliphatic carbocycles. The molecule has 3 aromatic rings. The Hall–Kier alpha value is -2.82. The highest BCUT2D eigenvalue weighted by atomic mass is 35.5. The van der Waals surface area contributed by atoms with Gasteiger partial charge in [0.25, 0.3) is 5.91 Å². The predicted octanol–water partition coefficient (Wildman–Crippen LogP) is 5.72. The standard InChI is InChI=1S/C23H19Cl2NO3/c1-14-3-4-15(13-27)9-20(14)16-5-8-22(29-2)17(10-16)12-26-23(28)19-7-6-18(24)11-21(19)25/h3-11,13H,12H2,1-2H3,(H,26,28). The van der Waals surface area contributed by atoms with Gasteiger partial charge in [-0.15, -0.1) is 0 Å². The van der Waals surface area contributed by atoms with Gasteiger partial charge in [0.15, 0.2) is 0 Å². The van der Waals surface area contributed by atoms with Crippen LogP contribution in [0.5, 0.6) is 5.75 Å². The van der Waals surface area contributed by atoms with Gasteiger partial charge in [0.05, 0.1) is 17.7 Å². The Labute approximate surface area is 179 Å². The Kier molecular flexibility index (Phi) is 6.57. The zero-order valence-corrected chi connectivity index (χ0v) is 17.5. The van der Waals surface area contributed by atoms with Gasteiger partial charge in [-0.2, -0.15) is 0 Å². The number of amides is 1. The van der Waals surface area contributed by atoms with Crippen molar-refractivity contribution in [2.24, 2.45) is 0 Å². The summed E-state index contributed by atoms with van der Waals surface area (Å²) < 4.78 is 5.44. The number of hydrogen-bond donors (Lipinski definition) is 1. The highest BCUT2D eigenvalue weighted by Crippen LogP contribution is 2.29. The van der Waals surface area contributed by atoms with E-state index in [0.717, 1.165) is 28.5 Å². The summed E-state index contributed by atoms with van der Waals surface area (Å²) in [5.74, 6) is 0.346. The summed E-state index contributed by atoms with van der Waals surface area (Å²) in [5, 5.41) is 3.62. The smallest absolute Gasteiger partial charge is 0.253 e. The van der Waals surface area contributed by atoms with E-state index in [9.17, 15) is 9.59 Å². The second-order valence-corrected chi connectivity index (χ2v) is 7.37. The lowest BCUT2D eigenvalue weighted by atomic mass is 9.96. The molecular weight excluding hydrogens is 409 g/mol. The molecule has 3 rings (SSSR count). The summed E-state index contributed by atoms with van der Waals surface area (Å²) in [6.45, 7) is 2.24. The number of benzene rings is 3. The van der Waals surface area contributed by atoms with Crippen molar-refractivity contribution in [2.75, 3.05) is 7.11 Å². The Bertz CT molecular complexity index is 1080. The minimum atomic E-state index is -0.307. The average Bonchev–Trinajstić information content (AvgIpc) is 2.72. The van der Waals surface area contributed by atoms with Crippen molar-refractivity contribution in [3.63, 3.8) is 0 Å². The molecule has 0 atom stereocenters. The minimum absolute atomic E-state index is 0.251. The molecule has 0 aliphatic heterocycles. The van der Waals surface area contributed by atoms with Crippen LogP contribution in [-0.4, -0.2) is 19.3 Å². The van der Waals surface area contributed by atoms with Crippen molar-refractivity contribution in [1.82, 2.24) is 5.32 Å². The molecule has 0 aliphatic rings. The van der Waals surface area contributed by atoms with Crippen molar-refractivity contribution in [3.05, 3.63) is 86.9 Å². The quantitative estimate of drug-likeness (QED) is 0.511. The molecule has 6 heteroatoms. The summed E-state index contributed by atoms with van der Waals surface area (Å²) in [7, 11) is 1.58. The van der Waals surface area contributed by atoms with Crippen LogP contribution in [0.15, 0.2) is 54.6 Å². The maximum absolute atomic E-state index is 12.5. The summed E-state index contributed by atoms with van der Waals surface area (Å²) in [5.41, 5.74) is 4.68. The SMILES string of the molecule is COc1ccc(-c2cc(C=O)ccc2C)cc1CNC(=O)c1ccc(Cl)cc1Cl. The summed E-state index contributed by atoms with van der Waals surface area (Å²) in [6.07, 6.45) is 0.823.